The molecule has 0 amide bonds. The fourth-order valence-electron chi connectivity index (χ4n) is 4.46. The number of hydrogen-bond acceptors (Lipinski definition) is 9. The van der Waals surface area contributed by atoms with Gasteiger partial charge in [-0.3, -0.25) is 0 Å². The number of halogens is 1. The van der Waals surface area contributed by atoms with Crippen molar-refractivity contribution in [3.8, 4) is 17.2 Å². The molecule has 1 saturated heterocycles. The van der Waals surface area contributed by atoms with E-state index in [2.05, 4.69) is 0 Å². The predicted molar refractivity (Wildman–Crippen MR) is 137 cm³/mol. The van der Waals surface area contributed by atoms with Gasteiger partial charge in [-0.1, -0.05) is 6.92 Å². The van der Waals surface area contributed by atoms with Crippen molar-refractivity contribution in [3.05, 3.63) is 52.3 Å². The Morgan fingerprint density at radius 3 is 2.34 bits per heavy atom. The number of benzene rings is 2. The molecule has 0 spiro atoms. The maximum Gasteiger partial charge on any atom is 0.188 e. The first kappa shape index (κ1) is 30.1. The zero-order chi connectivity index (χ0) is 27.7. The van der Waals surface area contributed by atoms with E-state index in [1.165, 1.54) is 33.5 Å². The lowest BCUT2D eigenvalue weighted by molar-refractivity contribution is -0.145. The Balaban J connectivity index is 1.99. The third-order valence-corrected chi connectivity index (χ3v) is 6.18. The molecule has 2 atom stereocenters. The Hall–Kier alpha value is -2.47. The minimum atomic E-state index is -1.34. The molecule has 10 heteroatoms. The molecule has 0 aliphatic carbocycles. The van der Waals surface area contributed by atoms with Crippen LogP contribution in [0, 0.1) is 5.82 Å². The highest BCUT2D eigenvalue weighted by molar-refractivity contribution is 5.56. The second kappa shape index (κ2) is 14.1. The van der Waals surface area contributed by atoms with Crippen LogP contribution in [0.2, 0.25) is 0 Å². The zero-order valence-electron chi connectivity index (χ0n) is 23.0. The largest absolute Gasteiger partial charge is 0.497 e. The molecule has 0 radical (unpaired) electrons. The highest BCUT2D eigenvalue weighted by Crippen LogP contribution is 2.41. The highest BCUT2D eigenvalue weighted by Gasteiger charge is 2.33. The van der Waals surface area contributed by atoms with Crippen LogP contribution in [0.25, 0.3) is 0 Å². The number of rotatable bonds is 15. The van der Waals surface area contributed by atoms with Crippen molar-refractivity contribution in [1.82, 2.24) is 0 Å². The summed E-state index contributed by atoms with van der Waals surface area (Å²) in [4.78, 5) is 0. The van der Waals surface area contributed by atoms with Gasteiger partial charge in [0.15, 0.2) is 19.4 Å². The Morgan fingerprint density at radius 2 is 1.76 bits per heavy atom. The maximum absolute atomic E-state index is 15.1. The number of aliphatic hydroxyl groups is 1. The fraction of sp³-hybridized carbons (Fsp3) is 0.571. The summed E-state index contributed by atoms with van der Waals surface area (Å²) in [6.07, 6.45) is -0.530. The van der Waals surface area contributed by atoms with Crippen molar-refractivity contribution in [1.29, 1.82) is 0 Å². The number of methoxy groups -OCH3 is 3. The molecular formula is C28H39FO9. The standard InChI is InChI=1S/C28H39FO9/c1-7-20-21(10-11-34-14-19-15-37-28(2,3)38-19)26(25(36-17-32-5)13-24(20)35-16-31-4)27(30)22-9-8-18(33-6)12-23(22)29/h8-9,12-13,19,27,30H,7,10-11,14-17H2,1-6H3. The van der Waals surface area contributed by atoms with E-state index in [4.69, 9.17) is 37.9 Å². The molecule has 2 unspecified atom stereocenters. The van der Waals surface area contributed by atoms with Crippen LogP contribution >= 0.6 is 0 Å². The summed E-state index contributed by atoms with van der Waals surface area (Å²) in [7, 11) is 4.48. The lowest BCUT2D eigenvalue weighted by atomic mass is 9.89. The first-order valence-electron chi connectivity index (χ1n) is 12.6. The van der Waals surface area contributed by atoms with Gasteiger partial charge in [0.25, 0.3) is 0 Å². The molecule has 212 valence electrons. The smallest absolute Gasteiger partial charge is 0.188 e. The molecule has 0 aromatic heterocycles. The van der Waals surface area contributed by atoms with E-state index in [-0.39, 0.29) is 25.3 Å². The van der Waals surface area contributed by atoms with Crippen LogP contribution in [0.3, 0.4) is 0 Å². The second-order valence-corrected chi connectivity index (χ2v) is 9.26. The Labute approximate surface area is 223 Å². The van der Waals surface area contributed by atoms with Crippen LogP contribution in [0.4, 0.5) is 4.39 Å². The molecule has 2 aromatic carbocycles. The monoisotopic (exact) mass is 538 g/mol. The summed E-state index contributed by atoms with van der Waals surface area (Å²) < 4.78 is 59.5. The van der Waals surface area contributed by atoms with Gasteiger partial charge in [0.1, 0.15) is 35.3 Å². The van der Waals surface area contributed by atoms with E-state index in [9.17, 15) is 5.11 Å². The van der Waals surface area contributed by atoms with Gasteiger partial charge < -0.3 is 43.0 Å². The second-order valence-electron chi connectivity index (χ2n) is 9.26. The van der Waals surface area contributed by atoms with Crippen molar-refractivity contribution >= 4 is 0 Å². The van der Waals surface area contributed by atoms with Crippen LogP contribution in [-0.2, 0) is 36.5 Å². The molecule has 3 rings (SSSR count). The SMILES string of the molecule is CCc1c(OCOC)cc(OCOC)c(C(O)c2ccc(OC)cc2F)c1CCOCC1COC(C)(C)O1. The van der Waals surface area contributed by atoms with Crippen LogP contribution in [0.15, 0.2) is 24.3 Å². The lowest BCUT2D eigenvalue weighted by Crippen LogP contribution is -2.24. The number of ether oxygens (including phenoxy) is 8. The quantitative estimate of drug-likeness (QED) is 0.265. The molecular weight excluding hydrogens is 499 g/mol. The average Bonchev–Trinajstić information content (AvgIpc) is 3.25. The summed E-state index contributed by atoms with van der Waals surface area (Å²) in [6, 6.07) is 6.01. The van der Waals surface area contributed by atoms with Gasteiger partial charge in [0, 0.05) is 37.5 Å². The van der Waals surface area contributed by atoms with Crippen molar-refractivity contribution in [2.24, 2.45) is 0 Å². The van der Waals surface area contributed by atoms with E-state index in [1.54, 1.807) is 12.1 Å². The van der Waals surface area contributed by atoms with Crippen LogP contribution in [0.1, 0.15) is 49.1 Å². The third kappa shape index (κ3) is 7.56. The zero-order valence-corrected chi connectivity index (χ0v) is 23.0. The van der Waals surface area contributed by atoms with Crippen molar-refractivity contribution < 1.29 is 47.4 Å². The van der Waals surface area contributed by atoms with Crippen molar-refractivity contribution in [2.45, 2.75) is 51.6 Å². The lowest BCUT2D eigenvalue weighted by Gasteiger charge is -2.25. The van der Waals surface area contributed by atoms with Gasteiger partial charge >= 0.3 is 0 Å². The molecule has 0 bridgehead atoms. The topological polar surface area (TPSA) is 94.1 Å². The van der Waals surface area contributed by atoms with Gasteiger partial charge in [-0.2, -0.15) is 0 Å². The Bertz CT molecular complexity index is 1040. The first-order valence-corrected chi connectivity index (χ1v) is 12.6. The molecule has 1 aliphatic heterocycles. The number of hydrogen-bond donors (Lipinski definition) is 1. The van der Waals surface area contributed by atoms with Gasteiger partial charge in [-0.15, -0.1) is 0 Å². The van der Waals surface area contributed by atoms with E-state index in [1.807, 2.05) is 20.8 Å². The minimum Gasteiger partial charge on any atom is -0.497 e. The van der Waals surface area contributed by atoms with Crippen LogP contribution < -0.4 is 14.2 Å². The summed E-state index contributed by atoms with van der Waals surface area (Å²) in [5.41, 5.74) is 2.07. The molecule has 1 fully saturated rings. The highest BCUT2D eigenvalue weighted by atomic mass is 19.1. The molecule has 1 heterocycles. The Kier molecular flexibility index (Phi) is 11.1. The van der Waals surface area contributed by atoms with Gasteiger partial charge in [0.2, 0.25) is 0 Å². The predicted octanol–water partition coefficient (Wildman–Crippen LogP) is 4.15. The molecule has 1 aliphatic rings. The van der Waals surface area contributed by atoms with E-state index >= 15 is 4.39 Å². The fourth-order valence-corrected chi connectivity index (χ4v) is 4.46. The van der Waals surface area contributed by atoms with Gasteiger partial charge in [-0.05, 0) is 49.9 Å². The first-order chi connectivity index (χ1) is 18.2. The molecule has 9 nitrogen and oxygen atoms in total. The molecule has 0 saturated carbocycles. The van der Waals surface area contributed by atoms with E-state index in [0.717, 1.165) is 11.1 Å². The van der Waals surface area contributed by atoms with E-state index in [0.29, 0.717) is 55.5 Å². The van der Waals surface area contributed by atoms with Crippen molar-refractivity contribution in [2.75, 3.05) is 54.7 Å². The van der Waals surface area contributed by atoms with Gasteiger partial charge in [-0.25, -0.2) is 4.39 Å². The molecule has 2 aromatic rings. The van der Waals surface area contributed by atoms with Crippen molar-refractivity contribution in [3.63, 3.8) is 0 Å². The normalized spacial score (nSPS) is 17.4. The molecule has 38 heavy (non-hydrogen) atoms. The molecule has 1 N–H and O–H groups in total. The number of aliphatic hydroxyl groups excluding tert-OH is 1. The van der Waals surface area contributed by atoms with E-state index < -0.39 is 17.7 Å². The van der Waals surface area contributed by atoms with Gasteiger partial charge in [0.05, 0.1) is 26.9 Å². The van der Waals surface area contributed by atoms with Crippen LogP contribution in [-0.4, -0.2) is 71.7 Å². The summed E-state index contributed by atoms with van der Waals surface area (Å²) in [5.74, 6) is -0.0423. The summed E-state index contributed by atoms with van der Waals surface area (Å²) in [5, 5.41) is 11.5. The van der Waals surface area contributed by atoms with Crippen LogP contribution in [0.5, 0.6) is 17.2 Å². The maximum atomic E-state index is 15.1. The summed E-state index contributed by atoms with van der Waals surface area (Å²) >= 11 is 0. The third-order valence-electron chi connectivity index (χ3n) is 6.18. The average molecular weight is 539 g/mol. The minimum absolute atomic E-state index is 0.0243. The Morgan fingerprint density at radius 1 is 1.05 bits per heavy atom. The summed E-state index contributed by atoms with van der Waals surface area (Å²) in [6.45, 7) is 6.76.